The van der Waals surface area contributed by atoms with Crippen LogP contribution in [0.15, 0.2) is 18.3 Å². The van der Waals surface area contributed by atoms with Crippen LogP contribution in [0, 0.1) is 12.3 Å². The lowest BCUT2D eigenvalue weighted by atomic mass is 10.0. The Morgan fingerprint density at radius 3 is 2.38 bits per heavy atom. The molecule has 0 radical (unpaired) electrons. The Morgan fingerprint density at radius 2 is 2.00 bits per heavy atom. The molecule has 1 fully saturated rings. The third-order valence-electron chi connectivity index (χ3n) is 3.20. The van der Waals surface area contributed by atoms with Crippen LogP contribution in [-0.2, 0) is 0 Å². The first kappa shape index (κ1) is 8.70. The summed E-state index contributed by atoms with van der Waals surface area (Å²) in [6.45, 7) is 6.42. The summed E-state index contributed by atoms with van der Waals surface area (Å²) in [5, 5.41) is 0. The molecular formula is C11H16N2. The molecule has 1 aliphatic rings. The third-order valence-corrected chi connectivity index (χ3v) is 3.20. The maximum atomic E-state index is 5.99. The van der Waals surface area contributed by atoms with E-state index in [-0.39, 0.29) is 5.41 Å². The van der Waals surface area contributed by atoms with Gasteiger partial charge in [0, 0.05) is 23.9 Å². The van der Waals surface area contributed by atoms with Crippen LogP contribution in [-0.4, -0.2) is 11.0 Å². The summed E-state index contributed by atoms with van der Waals surface area (Å²) < 4.78 is 0. The lowest BCUT2D eigenvalue weighted by Crippen LogP contribution is -2.06. The Bertz CT molecular complexity index is 313. The van der Waals surface area contributed by atoms with Crippen LogP contribution in [0.25, 0.3) is 0 Å². The van der Waals surface area contributed by atoms with Gasteiger partial charge in [-0.2, -0.15) is 0 Å². The fraction of sp³-hybridized carbons (Fsp3) is 0.545. The molecule has 0 spiro atoms. The van der Waals surface area contributed by atoms with Crippen LogP contribution in [0.5, 0.6) is 0 Å². The van der Waals surface area contributed by atoms with Gasteiger partial charge >= 0.3 is 0 Å². The molecule has 1 saturated carbocycles. The number of aryl methyl sites for hydroxylation is 1. The van der Waals surface area contributed by atoms with Crippen molar-refractivity contribution in [3.63, 3.8) is 0 Å². The first-order valence-electron chi connectivity index (χ1n) is 4.71. The van der Waals surface area contributed by atoms with E-state index < -0.39 is 0 Å². The molecule has 1 heterocycles. The van der Waals surface area contributed by atoms with Gasteiger partial charge in [0.1, 0.15) is 0 Å². The van der Waals surface area contributed by atoms with Gasteiger partial charge in [0.15, 0.2) is 0 Å². The second-order valence-electron chi connectivity index (χ2n) is 4.56. The van der Waals surface area contributed by atoms with Gasteiger partial charge in [-0.15, -0.1) is 0 Å². The van der Waals surface area contributed by atoms with Crippen molar-refractivity contribution in [3.8, 4) is 0 Å². The number of nitrogens with zero attached hydrogens (tertiary/aromatic N) is 1. The molecule has 1 aromatic rings. The van der Waals surface area contributed by atoms with Crippen LogP contribution in [0.4, 0.5) is 0 Å². The van der Waals surface area contributed by atoms with Crippen molar-refractivity contribution in [3.05, 3.63) is 29.6 Å². The molecule has 0 aromatic carbocycles. The number of pyridine rings is 1. The molecular weight excluding hydrogens is 160 g/mol. The Labute approximate surface area is 79.2 Å². The fourth-order valence-electron chi connectivity index (χ4n) is 1.98. The van der Waals surface area contributed by atoms with Crippen molar-refractivity contribution >= 4 is 0 Å². The van der Waals surface area contributed by atoms with Crippen LogP contribution in [0.2, 0.25) is 0 Å². The van der Waals surface area contributed by atoms with Gasteiger partial charge in [-0.3, -0.25) is 4.98 Å². The zero-order chi connectivity index (χ0) is 9.64. The number of hydrogen-bond donors (Lipinski definition) is 1. The topological polar surface area (TPSA) is 38.9 Å². The van der Waals surface area contributed by atoms with E-state index in [2.05, 4.69) is 31.0 Å². The summed E-state index contributed by atoms with van der Waals surface area (Å²) in [5.41, 5.74) is 8.59. The molecule has 0 saturated heterocycles. The number of aromatic nitrogens is 1. The molecule has 2 rings (SSSR count). The normalized spacial score (nSPS) is 30.2. The zero-order valence-corrected chi connectivity index (χ0v) is 8.41. The Morgan fingerprint density at radius 1 is 1.38 bits per heavy atom. The molecule has 2 heteroatoms. The van der Waals surface area contributed by atoms with Crippen molar-refractivity contribution < 1.29 is 0 Å². The Hall–Kier alpha value is -0.890. The summed E-state index contributed by atoms with van der Waals surface area (Å²) in [6.07, 6.45) is 1.95. The summed E-state index contributed by atoms with van der Waals surface area (Å²) in [4.78, 5) is 4.28. The third kappa shape index (κ3) is 1.25. The average Bonchev–Trinajstić information content (AvgIpc) is 2.55. The van der Waals surface area contributed by atoms with Gasteiger partial charge in [0.2, 0.25) is 0 Å². The first-order chi connectivity index (χ1) is 6.03. The van der Waals surface area contributed by atoms with Crippen LogP contribution in [0.3, 0.4) is 0 Å². The van der Waals surface area contributed by atoms with Crippen LogP contribution < -0.4 is 5.73 Å². The highest BCUT2D eigenvalue weighted by atomic mass is 14.8. The van der Waals surface area contributed by atoms with Gasteiger partial charge in [-0.1, -0.05) is 19.9 Å². The van der Waals surface area contributed by atoms with Crippen molar-refractivity contribution in [2.75, 3.05) is 0 Å². The van der Waals surface area contributed by atoms with Crippen molar-refractivity contribution in [1.82, 2.24) is 4.98 Å². The first-order valence-corrected chi connectivity index (χ1v) is 4.71. The quantitative estimate of drug-likeness (QED) is 0.709. The summed E-state index contributed by atoms with van der Waals surface area (Å²) in [5.74, 6) is 0.501. The van der Waals surface area contributed by atoms with Gasteiger partial charge in [-0.25, -0.2) is 0 Å². The molecule has 0 aliphatic heterocycles. The maximum absolute atomic E-state index is 5.99. The Kier molecular flexibility index (Phi) is 1.70. The second-order valence-corrected chi connectivity index (χ2v) is 4.56. The minimum absolute atomic E-state index is 0.261. The van der Waals surface area contributed by atoms with E-state index in [4.69, 9.17) is 5.73 Å². The van der Waals surface area contributed by atoms with E-state index >= 15 is 0 Å². The predicted octanol–water partition coefficient (Wildman–Crippen LogP) is 1.84. The molecule has 2 nitrogen and oxygen atoms in total. The number of hydrogen-bond acceptors (Lipinski definition) is 2. The zero-order valence-electron chi connectivity index (χ0n) is 8.41. The average molecular weight is 176 g/mol. The monoisotopic (exact) mass is 176 g/mol. The van der Waals surface area contributed by atoms with Gasteiger partial charge < -0.3 is 5.73 Å². The molecule has 0 unspecified atom stereocenters. The second kappa shape index (κ2) is 2.55. The molecule has 0 amide bonds. The van der Waals surface area contributed by atoms with Gasteiger partial charge in [-0.05, 0) is 24.0 Å². The standard InChI is InChI=1S/C11H16N2/c1-7-4-5-8(6-13-7)9-10(12)11(9,2)3/h4-6,9-10H,12H2,1-3H3/t9-,10-/m0/s1. The van der Waals surface area contributed by atoms with E-state index in [1.54, 1.807) is 0 Å². The van der Waals surface area contributed by atoms with Crippen molar-refractivity contribution in [2.45, 2.75) is 32.7 Å². The highest BCUT2D eigenvalue weighted by Gasteiger charge is 2.56. The Balaban J connectivity index is 2.25. The van der Waals surface area contributed by atoms with E-state index in [0.29, 0.717) is 12.0 Å². The molecule has 1 aliphatic carbocycles. The highest BCUT2D eigenvalue weighted by Crippen LogP contribution is 2.56. The summed E-state index contributed by atoms with van der Waals surface area (Å²) in [7, 11) is 0. The van der Waals surface area contributed by atoms with E-state index in [1.807, 2.05) is 13.1 Å². The predicted molar refractivity (Wildman–Crippen MR) is 53.5 cm³/mol. The molecule has 2 N–H and O–H groups in total. The van der Waals surface area contributed by atoms with Crippen LogP contribution in [0.1, 0.15) is 31.0 Å². The van der Waals surface area contributed by atoms with E-state index in [9.17, 15) is 0 Å². The summed E-state index contributed by atoms with van der Waals surface area (Å²) >= 11 is 0. The van der Waals surface area contributed by atoms with E-state index in [1.165, 1.54) is 5.56 Å². The summed E-state index contributed by atoms with van der Waals surface area (Å²) in [6, 6.07) is 4.50. The van der Waals surface area contributed by atoms with Gasteiger partial charge in [0.25, 0.3) is 0 Å². The molecule has 2 atom stereocenters. The molecule has 13 heavy (non-hydrogen) atoms. The van der Waals surface area contributed by atoms with Crippen LogP contribution >= 0.6 is 0 Å². The van der Waals surface area contributed by atoms with Crippen molar-refractivity contribution in [1.29, 1.82) is 0 Å². The lowest BCUT2D eigenvalue weighted by Gasteiger charge is -2.01. The largest absolute Gasteiger partial charge is 0.327 e. The minimum atomic E-state index is 0.261. The fourth-order valence-corrected chi connectivity index (χ4v) is 1.98. The smallest absolute Gasteiger partial charge is 0.0372 e. The number of nitrogens with two attached hydrogens (primary N) is 1. The highest BCUT2D eigenvalue weighted by molar-refractivity contribution is 5.32. The van der Waals surface area contributed by atoms with E-state index in [0.717, 1.165) is 5.69 Å². The minimum Gasteiger partial charge on any atom is -0.327 e. The maximum Gasteiger partial charge on any atom is 0.0372 e. The number of rotatable bonds is 1. The molecule has 0 bridgehead atoms. The SMILES string of the molecule is Cc1ccc([C@H]2[C@H](N)C2(C)C)cn1. The van der Waals surface area contributed by atoms with Crippen molar-refractivity contribution in [2.24, 2.45) is 11.1 Å². The van der Waals surface area contributed by atoms with Gasteiger partial charge in [0.05, 0.1) is 0 Å². The molecule has 70 valence electrons. The molecule has 1 aromatic heterocycles. The lowest BCUT2D eigenvalue weighted by molar-refractivity contribution is 0.598.